The van der Waals surface area contributed by atoms with Crippen LogP contribution in [0, 0.1) is 0 Å². The number of nitrogens with one attached hydrogen (secondary N) is 1. The van der Waals surface area contributed by atoms with Gasteiger partial charge in [-0.05, 0) is 35.3 Å². The molecule has 1 atom stereocenters. The summed E-state index contributed by atoms with van der Waals surface area (Å²) in [7, 11) is 0. The average molecular weight is 324 g/mol. The molecular weight excluding hydrogens is 310 g/mol. The van der Waals surface area contributed by atoms with Crippen molar-refractivity contribution >= 4 is 21.8 Å². The summed E-state index contributed by atoms with van der Waals surface area (Å²) < 4.78 is 2.30. The first kappa shape index (κ1) is 13.7. The molecule has 0 aromatic carbocycles. The summed E-state index contributed by atoms with van der Waals surface area (Å²) in [5, 5.41) is 10.4. The van der Waals surface area contributed by atoms with Crippen LogP contribution >= 0.6 is 15.9 Å². The first-order valence-electron chi connectivity index (χ1n) is 5.93. The van der Waals surface area contributed by atoms with Crippen molar-refractivity contribution in [2.45, 2.75) is 26.3 Å². The predicted molar refractivity (Wildman–Crippen MR) is 74.1 cm³/mol. The average Bonchev–Trinajstić information content (AvgIpc) is 2.93. The Labute approximate surface area is 119 Å². The number of carbonyl (C=O) groups is 1. The van der Waals surface area contributed by atoms with E-state index in [-0.39, 0.29) is 11.9 Å². The number of amides is 1. The van der Waals surface area contributed by atoms with E-state index in [0.717, 1.165) is 6.42 Å². The van der Waals surface area contributed by atoms with E-state index >= 15 is 0 Å². The minimum absolute atomic E-state index is 0.127. The Hall–Kier alpha value is -1.76. The van der Waals surface area contributed by atoms with Crippen molar-refractivity contribution in [3.63, 3.8) is 0 Å². The molecular formula is C12H14BrN5O. The van der Waals surface area contributed by atoms with E-state index < -0.39 is 0 Å². The quantitative estimate of drug-likeness (QED) is 0.933. The van der Waals surface area contributed by atoms with Gasteiger partial charge in [-0.3, -0.25) is 9.36 Å². The highest BCUT2D eigenvalue weighted by molar-refractivity contribution is 9.10. The van der Waals surface area contributed by atoms with Gasteiger partial charge in [-0.2, -0.15) is 0 Å². The standard InChI is InChI=1S/C12H14BrN5O/c1-3-8(2)17-12(19)9-4-11(14-5-10(9)13)18-6-15-16-7-18/h4-8H,3H2,1-2H3,(H,17,19). The molecule has 6 nitrogen and oxygen atoms in total. The highest BCUT2D eigenvalue weighted by atomic mass is 79.9. The van der Waals surface area contributed by atoms with Crippen LogP contribution in [-0.4, -0.2) is 31.7 Å². The Morgan fingerprint density at radius 1 is 1.47 bits per heavy atom. The van der Waals surface area contributed by atoms with Gasteiger partial charge in [0.1, 0.15) is 18.5 Å². The van der Waals surface area contributed by atoms with Crippen LogP contribution in [0.5, 0.6) is 0 Å². The third-order valence-corrected chi connectivity index (χ3v) is 3.39. The molecule has 0 fully saturated rings. The molecule has 2 aromatic heterocycles. The maximum absolute atomic E-state index is 12.1. The first-order valence-corrected chi connectivity index (χ1v) is 6.72. The molecule has 2 aromatic rings. The lowest BCUT2D eigenvalue weighted by Crippen LogP contribution is -2.32. The van der Waals surface area contributed by atoms with E-state index in [1.165, 1.54) is 12.7 Å². The topological polar surface area (TPSA) is 72.7 Å². The van der Waals surface area contributed by atoms with E-state index in [2.05, 4.69) is 36.4 Å². The number of hydrogen-bond donors (Lipinski definition) is 1. The van der Waals surface area contributed by atoms with Crippen LogP contribution < -0.4 is 5.32 Å². The summed E-state index contributed by atoms with van der Waals surface area (Å²) in [5.74, 6) is 0.473. The second kappa shape index (κ2) is 5.92. The fourth-order valence-electron chi connectivity index (χ4n) is 1.47. The van der Waals surface area contributed by atoms with Gasteiger partial charge in [0.15, 0.2) is 0 Å². The number of rotatable bonds is 4. The number of halogens is 1. The Morgan fingerprint density at radius 2 is 2.16 bits per heavy atom. The molecule has 0 bridgehead atoms. The fraction of sp³-hybridized carbons (Fsp3) is 0.333. The SMILES string of the molecule is CCC(C)NC(=O)c1cc(-n2cnnc2)ncc1Br. The summed E-state index contributed by atoms with van der Waals surface area (Å²) in [6, 6.07) is 1.83. The molecule has 19 heavy (non-hydrogen) atoms. The molecule has 0 aliphatic carbocycles. The molecule has 0 aliphatic heterocycles. The maximum Gasteiger partial charge on any atom is 0.252 e. The largest absolute Gasteiger partial charge is 0.350 e. The maximum atomic E-state index is 12.1. The smallest absolute Gasteiger partial charge is 0.252 e. The summed E-state index contributed by atoms with van der Waals surface area (Å²) in [6.45, 7) is 3.99. The van der Waals surface area contributed by atoms with E-state index in [0.29, 0.717) is 15.9 Å². The van der Waals surface area contributed by atoms with Crippen molar-refractivity contribution in [2.24, 2.45) is 0 Å². The van der Waals surface area contributed by atoms with E-state index in [9.17, 15) is 4.79 Å². The summed E-state index contributed by atoms with van der Waals surface area (Å²) in [6.07, 6.45) is 5.55. The zero-order valence-electron chi connectivity index (χ0n) is 10.7. The number of hydrogen-bond acceptors (Lipinski definition) is 4. The monoisotopic (exact) mass is 323 g/mol. The molecule has 0 spiro atoms. The zero-order chi connectivity index (χ0) is 13.8. The minimum Gasteiger partial charge on any atom is -0.350 e. The third-order valence-electron chi connectivity index (χ3n) is 2.76. The normalized spacial score (nSPS) is 12.2. The van der Waals surface area contributed by atoms with Crippen LogP contribution in [-0.2, 0) is 0 Å². The molecule has 2 rings (SSSR count). The van der Waals surface area contributed by atoms with Gasteiger partial charge in [-0.25, -0.2) is 4.98 Å². The molecule has 100 valence electrons. The van der Waals surface area contributed by atoms with Crippen molar-refractivity contribution in [3.05, 3.63) is 35.0 Å². The van der Waals surface area contributed by atoms with Gasteiger partial charge in [0.05, 0.1) is 5.56 Å². The molecule has 0 saturated heterocycles. The van der Waals surface area contributed by atoms with Gasteiger partial charge in [0, 0.05) is 16.7 Å². The molecule has 1 amide bonds. The molecule has 2 heterocycles. The van der Waals surface area contributed by atoms with Crippen LogP contribution in [0.3, 0.4) is 0 Å². The molecule has 0 saturated carbocycles. The molecule has 0 radical (unpaired) electrons. The Bertz CT molecular complexity index is 570. The zero-order valence-corrected chi connectivity index (χ0v) is 12.3. The van der Waals surface area contributed by atoms with Crippen LogP contribution in [0.25, 0.3) is 5.82 Å². The lowest BCUT2D eigenvalue weighted by atomic mass is 10.2. The highest BCUT2D eigenvalue weighted by Gasteiger charge is 2.14. The summed E-state index contributed by atoms with van der Waals surface area (Å²) in [5.41, 5.74) is 0.541. The predicted octanol–water partition coefficient (Wildman–Crippen LogP) is 1.95. The van der Waals surface area contributed by atoms with E-state index in [1.54, 1.807) is 16.8 Å². The van der Waals surface area contributed by atoms with Crippen molar-refractivity contribution in [1.82, 2.24) is 25.1 Å². The van der Waals surface area contributed by atoms with E-state index in [4.69, 9.17) is 0 Å². The van der Waals surface area contributed by atoms with Gasteiger partial charge in [-0.1, -0.05) is 6.92 Å². The number of carbonyl (C=O) groups excluding carboxylic acids is 1. The van der Waals surface area contributed by atoms with Crippen LogP contribution in [0.4, 0.5) is 0 Å². The summed E-state index contributed by atoms with van der Waals surface area (Å²) >= 11 is 3.34. The van der Waals surface area contributed by atoms with Gasteiger partial charge < -0.3 is 5.32 Å². The van der Waals surface area contributed by atoms with Gasteiger partial charge in [0.25, 0.3) is 5.91 Å². The second-order valence-electron chi connectivity index (χ2n) is 4.17. The Balaban J connectivity index is 2.30. The van der Waals surface area contributed by atoms with Gasteiger partial charge in [0.2, 0.25) is 0 Å². The lowest BCUT2D eigenvalue weighted by molar-refractivity contribution is 0.0938. The van der Waals surface area contributed by atoms with Crippen molar-refractivity contribution in [2.75, 3.05) is 0 Å². The molecule has 7 heteroatoms. The second-order valence-corrected chi connectivity index (χ2v) is 5.03. The van der Waals surface area contributed by atoms with Gasteiger partial charge >= 0.3 is 0 Å². The molecule has 0 aliphatic rings. The van der Waals surface area contributed by atoms with Gasteiger partial charge in [-0.15, -0.1) is 10.2 Å². The van der Waals surface area contributed by atoms with Crippen LogP contribution in [0.2, 0.25) is 0 Å². The lowest BCUT2D eigenvalue weighted by Gasteiger charge is -2.13. The van der Waals surface area contributed by atoms with Crippen LogP contribution in [0.1, 0.15) is 30.6 Å². The van der Waals surface area contributed by atoms with Crippen molar-refractivity contribution in [1.29, 1.82) is 0 Å². The Morgan fingerprint density at radius 3 is 2.79 bits per heavy atom. The van der Waals surface area contributed by atoms with E-state index in [1.807, 2.05) is 13.8 Å². The molecule has 1 N–H and O–H groups in total. The highest BCUT2D eigenvalue weighted by Crippen LogP contribution is 2.18. The number of pyridine rings is 1. The summed E-state index contributed by atoms with van der Waals surface area (Å²) in [4.78, 5) is 16.4. The number of nitrogens with zero attached hydrogens (tertiary/aromatic N) is 4. The first-order chi connectivity index (χ1) is 9.11. The molecule has 1 unspecified atom stereocenters. The third kappa shape index (κ3) is 3.17. The van der Waals surface area contributed by atoms with Crippen molar-refractivity contribution in [3.8, 4) is 5.82 Å². The van der Waals surface area contributed by atoms with Crippen LogP contribution in [0.15, 0.2) is 29.4 Å². The van der Waals surface area contributed by atoms with Crippen molar-refractivity contribution < 1.29 is 4.79 Å². The number of aromatic nitrogens is 4. The fourth-order valence-corrected chi connectivity index (χ4v) is 1.86. The Kier molecular flexibility index (Phi) is 4.26. The minimum atomic E-state index is -0.127.